The first kappa shape index (κ1) is 21.8. The number of amides is 1. The van der Waals surface area contributed by atoms with E-state index in [1.54, 1.807) is 74.1 Å². The fourth-order valence-electron chi connectivity index (χ4n) is 3.14. The molecule has 4 aromatic rings. The van der Waals surface area contributed by atoms with Crippen LogP contribution in [0.1, 0.15) is 10.4 Å². The molecule has 0 atom stereocenters. The first-order valence-electron chi connectivity index (χ1n) is 10.0. The van der Waals surface area contributed by atoms with Crippen molar-refractivity contribution < 1.29 is 18.7 Å². The zero-order valence-electron chi connectivity index (χ0n) is 18.0. The number of hydrogen-bond donors (Lipinski definition) is 2. The average molecular weight is 444 g/mol. The third-order valence-electron chi connectivity index (χ3n) is 4.87. The van der Waals surface area contributed by atoms with E-state index in [0.29, 0.717) is 45.5 Å². The van der Waals surface area contributed by atoms with Gasteiger partial charge < -0.3 is 20.1 Å². The quantitative estimate of drug-likeness (QED) is 0.403. The molecule has 4 rings (SSSR count). The Balaban J connectivity index is 1.41. The summed E-state index contributed by atoms with van der Waals surface area (Å²) in [5, 5.41) is 5.91. The summed E-state index contributed by atoms with van der Waals surface area (Å²) < 4.78 is 23.9. The van der Waals surface area contributed by atoms with E-state index >= 15 is 0 Å². The van der Waals surface area contributed by atoms with Crippen LogP contribution in [0.15, 0.2) is 79.1 Å². The fraction of sp³-hybridized carbons (Fsp3) is 0.0800. The molecule has 1 aromatic heterocycles. The summed E-state index contributed by atoms with van der Waals surface area (Å²) in [5.41, 5.74) is 3.14. The second kappa shape index (κ2) is 9.78. The van der Waals surface area contributed by atoms with Gasteiger partial charge in [-0.3, -0.25) is 4.79 Å². The summed E-state index contributed by atoms with van der Waals surface area (Å²) in [6.07, 6.45) is 3.24. The van der Waals surface area contributed by atoms with Crippen LogP contribution in [0.5, 0.6) is 11.5 Å². The monoisotopic (exact) mass is 444 g/mol. The van der Waals surface area contributed by atoms with Crippen LogP contribution in [0.25, 0.3) is 11.1 Å². The van der Waals surface area contributed by atoms with Gasteiger partial charge in [-0.05, 0) is 54.1 Å². The van der Waals surface area contributed by atoms with Crippen LogP contribution in [0, 0.1) is 5.82 Å². The van der Waals surface area contributed by atoms with Gasteiger partial charge in [0.25, 0.3) is 5.91 Å². The molecule has 1 heterocycles. The van der Waals surface area contributed by atoms with Gasteiger partial charge >= 0.3 is 0 Å². The molecule has 0 fully saturated rings. The van der Waals surface area contributed by atoms with Gasteiger partial charge in [-0.1, -0.05) is 12.1 Å². The fourth-order valence-corrected chi connectivity index (χ4v) is 3.14. The number of carbonyl (C=O) groups excluding carboxylic acids is 1. The maximum Gasteiger partial charge on any atom is 0.255 e. The van der Waals surface area contributed by atoms with Gasteiger partial charge in [0.2, 0.25) is 5.95 Å². The summed E-state index contributed by atoms with van der Waals surface area (Å²) in [5.74, 6) is 0.923. The van der Waals surface area contributed by atoms with Gasteiger partial charge in [0.15, 0.2) is 0 Å². The number of benzene rings is 3. The van der Waals surface area contributed by atoms with Gasteiger partial charge in [0, 0.05) is 35.3 Å². The molecule has 33 heavy (non-hydrogen) atoms. The molecular formula is C25H21FN4O3. The third-order valence-corrected chi connectivity index (χ3v) is 4.87. The van der Waals surface area contributed by atoms with Crippen molar-refractivity contribution in [3.05, 3.63) is 90.5 Å². The second-order valence-corrected chi connectivity index (χ2v) is 7.03. The van der Waals surface area contributed by atoms with Crippen LogP contribution in [-0.4, -0.2) is 30.1 Å². The molecule has 0 saturated carbocycles. The summed E-state index contributed by atoms with van der Waals surface area (Å²) >= 11 is 0. The Morgan fingerprint density at radius 1 is 0.879 bits per heavy atom. The van der Waals surface area contributed by atoms with Crippen LogP contribution in [0.2, 0.25) is 0 Å². The number of halogens is 1. The molecule has 0 aliphatic rings. The van der Waals surface area contributed by atoms with Gasteiger partial charge in [-0.25, -0.2) is 14.4 Å². The Kier molecular flexibility index (Phi) is 6.45. The van der Waals surface area contributed by atoms with Crippen molar-refractivity contribution in [2.24, 2.45) is 0 Å². The van der Waals surface area contributed by atoms with E-state index in [-0.39, 0.29) is 11.7 Å². The van der Waals surface area contributed by atoms with Crippen LogP contribution >= 0.6 is 0 Å². The Morgan fingerprint density at radius 2 is 1.64 bits per heavy atom. The van der Waals surface area contributed by atoms with E-state index < -0.39 is 0 Å². The van der Waals surface area contributed by atoms with Crippen molar-refractivity contribution in [2.45, 2.75) is 0 Å². The molecule has 0 unspecified atom stereocenters. The summed E-state index contributed by atoms with van der Waals surface area (Å²) in [6, 6.07) is 18.3. The lowest BCUT2D eigenvalue weighted by atomic mass is 10.1. The summed E-state index contributed by atoms with van der Waals surface area (Å²) in [7, 11) is 3.09. The number of nitrogens with one attached hydrogen (secondary N) is 2. The number of hydrogen-bond acceptors (Lipinski definition) is 6. The van der Waals surface area contributed by atoms with Crippen LogP contribution < -0.4 is 20.1 Å². The first-order chi connectivity index (χ1) is 16.1. The molecule has 166 valence electrons. The lowest BCUT2D eigenvalue weighted by molar-refractivity contribution is 0.102. The summed E-state index contributed by atoms with van der Waals surface area (Å²) in [4.78, 5) is 21.2. The van der Waals surface area contributed by atoms with E-state index in [1.807, 2.05) is 0 Å². The van der Waals surface area contributed by atoms with Crippen LogP contribution in [-0.2, 0) is 0 Å². The maximum atomic E-state index is 13.4. The number of rotatable bonds is 7. The lowest BCUT2D eigenvalue weighted by Crippen LogP contribution is -2.12. The average Bonchev–Trinajstić information content (AvgIpc) is 2.85. The molecule has 2 N–H and O–H groups in total. The highest BCUT2D eigenvalue weighted by molar-refractivity contribution is 6.05. The van der Waals surface area contributed by atoms with E-state index in [0.717, 1.165) is 0 Å². The Morgan fingerprint density at radius 3 is 2.30 bits per heavy atom. The van der Waals surface area contributed by atoms with Crippen molar-refractivity contribution in [1.29, 1.82) is 0 Å². The second-order valence-electron chi connectivity index (χ2n) is 7.03. The molecular weight excluding hydrogens is 423 g/mol. The minimum atomic E-state index is -0.315. The third kappa shape index (κ3) is 5.24. The number of nitrogens with zero attached hydrogens (tertiary/aromatic N) is 2. The van der Waals surface area contributed by atoms with Crippen LogP contribution in [0.4, 0.5) is 21.7 Å². The predicted molar refractivity (Wildman–Crippen MR) is 125 cm³/mol. The SMILES string of the molecule is COc1ccc(NC(=O)c2ccc(Nc3ncc(-c4cccc(F)c4)cn3)cc2)c(OC)c1. The standard InChI is InChI=1S/C25H21FN4O3/c1-32-21-10-11-22(23(13-21)33-2)30-24(31)16-6-8-20(9-7-16)29-25-27-14-18(15-28-25)17-4-3-5-19(26)12-17/h3-15H,1-2H3,(H,30,31)(H,27,28,29). The highest BCUT2D eigenvalue weighted by Gasteiger charge is 2.11. The molecule has 0 radical (unpaired) electrons. The predicted octanol–water partition coefficient (Wildman–Crippen LogP) is 5.30. The van der Waals surface area contributed by atoms with Crippen molar-refractivity contribution in [3.63, 3.8) is 0 Å². The minimum absolute atomic E-state index is 0.277. The molecule has 0 bridgehead atoms. The molecule has 1 amide bonds. The van der Waals surface area contributed by atoms with E-state index in [1.165, 1.54) is 19.2 Å². The Bertz CT molecular complexity index is 1260. The summed E-state index contributed by atoms with van der Waals surface area (Å²) in [6.45, 7) is 0. The highest BCUT2D eigenvalue weighted by Crippen LogP contribution is 2.29. The molecule has 0 aliphatic carbocycles. The molecule has 7 nitrogen and oxygen atoms in total. The molecule has 0 spiro atoms. The van der Waals surface area contributed by atoms with E-state index in [4.69, 9.17) is 9.47 Å². The van der Waals surface area contributed by atoms with Gasteiger partial charge in [-0.15, -0.1) is 0 Å². The number of aromatic nitrogens is 2. The zero-order valence-corrected chi connectivity index (χ0v) is 18.0. The van der Waals surface area contributed by atoms with E-state index in [9.17, 15) is 9.18 Å². The lowest BCUT2D eigenvalue weighted by Gasteiger charge is -2.12. The number of anilines is 3. The van der Waals surface area contributed by atoms with Crippen molar-refractivity contribution in [3.8, 4) is 22.6 Å². The minimum Gasteiger partial charge on any atom is -0.497 e. The zero-order chi connectivity index (χ0) is 23.2. The molecule has 0 saturated heterocycles. The van der Waals surface area contributed by atoms with Gasteiger partial charge in [-0.2, -0.15) is 0 Å². The highest BCUT2D eigenvalue weighted by atomic mass is 19.1. The van der Waals surface area contributed by atoms with Crippen molar-refractivity contribution in [1.82, 2.24) is 9.97 Å². The molecule has 8 heteroatoms. The smallest absolute Gasteiger partial charge is 0.255 e. The Labute approximate surface area is 190 Å². The van der Waals surface area contributed by atoms with Gasteiger partial charge in [0.05, 0.1) is 19.9 Å². The van der Waals surface area contributed by atoms with Crippen molar-refractivity contribution >= 4 is 23.2 Å². The van der Waals surface area contributed by atoms with Crippen molar-refractivity contribution in [2.75, 3.05) is 24.9 Å². The molecule has 3 aromatic carbocycles. The topological polar surface area (TPSA) is 85.4 Å². The normalized spacial score (nSPS) is 10.4. The number of ether oxygens (including phenoxy) is 2. The molecule has 0 aliphatic heterocycles. The first-order valence-corrected chi connectivity index (χ1v) is 10.0. The number of carbonyl (C=O) groups is 1. The maximum absolute atomic E-state index is 13.4. The van der Waals surface area contributed by atoms with Crippen LogP contribution in [0.3, 0.4) is 0 Å². The van der Waals surface area contributed by atoms with Gasteiger partial charge in [0.1, 0.15) is 17.3 Å². The van der Waals surface area contributed by atoms with E-state index in [2.05, 4.69) is 20.6 Å². The number of methoxy groups -OCH3 is 2. The largest absolute Gasteiger partial charge is 0.497 e. The Hall–Kier alpha value is -4.46.